The third-order valence-electron chi connectivity index (χ3n) is 4.58. The lowest BCUT2D eigenvalue weighted by Crippen LogP contribution is -2.13. The molecule has 0 aromatic heterocycles. The molecule has 0 spiro atoms. The Labute approximate surface area is 193 Å². The molecular weight excluding hydrogens is 431 g/mol. The molecule has 0 fully saturated rings. The number of ether oxygens (including phenoxy) is 1. The lowest BCUT2D eigenvalue weighted by Gasteiger charge is -2.12. The van der Waals surface area contributed by atoms with Crippen LogP contribution in [0.3, 0.4) is 0 Å². The van der Waals surface area contributed by atoms with Crippen molar-refractivity contribution in [1.29, 1.82) is 0 Å². The highest BCUT2D eigenvalue weighted by atomic mass is 35.5. The summed E-state index contributed by atoms with van der Waals surface area (Å²) in [5, 5.41) is 7.50. The Morgan fingerprint density at radius 1 is 0.935 bits per heavy atom. The first-order valence-electron chi connectivity index (χ1n) is 10.2. The van der Waals surface area contributed by atoms with Crippen LogP contribution in [0, 0.1) is 5.92 Å². The van der Waals surface area contributed by atoms with Gasteiger partial charge in [-0.3, -0.25) is 4.79 Å². The molecule has 31 heavy (non-hydrogen) atoms. The molecule has 3 aromatic rings. The van der Waals surface area contributed by atoms with Crippen molar-refractivity contribution in [3.05, 3.63) is 87.9 Å². The lowest BCUT2D eigenvalue weighted by molar-refractivity contribution is -0.116. The molecule has 3 rings (SSSR count). The van der Waals surface area contributed by atoms with E-state index in [1.165, 1.54) is 0 Å². The summed E-state index contributed by atoms with van der Waals surface area (Å²) in [6.45, 7) is 4.97. The molecule has 0 aliphatic rings. The Hall–Kier alpha value is -2.69. The van der Waals surface area contributed by atoms with E-state index in [1.807, 2.05) is 68.4 Å². The first-order chi connectivity index (χ1) is 14.9. The van der Waals surface area contributed by atoms with Crippen molar-refractivity contribution in [1.82, 2.24) is 0 Å². The number of halogens is 2. The highest BCUT2D eigenvalue weighted by Crippen LogP contribution is 2.26. The Bertz CT molecular complexity index is 1020. The second-order valence-electron chi connectivity index (χ2n) is 7.72. The number of anilines is 2. The van der Waals surface area contributed by atoms with E-state index in [4.69, 9.17) is 27.9 Å². The van der Waals surface area contributed by atoms with Gasteiger partial charge in [-0.15, -0.1) is 0 Å². The number of benzene rings is 3. The molecule has 0 saturated carbocycles. The van der Waals surface area contributed by atoms with E-state index in [9.17, 15) is 4.79 Å². The minimum atomic E-state index is 0.0237. The Morgan fingerprint density at radius 2 is 1.61 bits per heavy atom. The van der Waals surface area contributed by atoms with Crippen LogP contribution in [0.5, 0.6) is 5.75 Å². The Morgan fingerprint density at radius 3 is 2.35 bits per heavy atom. The Kier molecular flexibility index (Phi) is 8.21. The molecule has 0 aliphatic heterocycles. The highest BCUT2D eigenvalue weighted by molar-refractivity contribution is 6.35. The van der Waals surface area contributed by atoms with Gasteiger partial charge in [-0.05, 0) is 53.9 Å². The van der Waals surface area contributed by atoms with Crippen LogP contribution in [0.2, 0.25) is 10.0 Å². The van der Waals surface area contributed by atoms with Crippen molar-refractivity contribution >= 4 is 40.5 Å². The summed E-state index contributed by atoms with van der Waals surface area (Å²) < 4.78 is 5.90. The van der Waals surface area contributed by atoms with Crippen LogP contribution in [-0.2, 0) is 17.9 Å². The fourth-order valence-electron chi connectivity index (χ4n) is 3.06. The van der Waals surface area contributed by atoms with E-state index >= 15 is 0 Å². The molecule has 0 heterocycles. The summed E-state index contributed by atoms with van der Waals surface area (Å²) >= 11 is 12.4. The van der Waals surface area contributed by atoms with Crippen molar-refractivity contribution in [3.63, 3.8) is 0 Å². The minimum absolute atomic E-state index is 0.0237. The van der Waals surface area contributed by atoms with E-state index in [0.717, 1.165) is 28.3 Å². The largest absolute Gasteiger partial charge is 0.489 e. The number of rotatable bonds is 9. The third-order valence-corrected chi connectivity index (χ3v) is 5.29. The monoisotopic (exact) mass is 456 g/mol. The summed E-state index contributed by atoms with van der Waals surface area (Å²) in [5.41, 5.74) is 3.54. The molecule has 0 atom stereocenters. The first kappa shape index (κ1) is 23.0. The molecule has 3 aromatic carbocycles. The van der Waals surface area contributed by atoms with E-state index in [2.05, 4.69) is 10.6 Å². The van der Waals surface area contributed by atoms with Gasteiger partial charge in [0, 0.05) is 39.9 Å². The molecule has 0 bridgehead atoms. The second-order valence-corrected chi connectivity index (χ2v) is 8.53. The summed E-state index contributed by atoms with van der Waals surface area (Å²) in [6.07, 6.45) is 0.504. The van der Waals surface area contributed by atoms with Gasteiger partial charge in [0.25, 0.3) is 0 Å². The number of hydrogen-bond acceptors (Lipinski definition) is 3. The topological polar surface area (TPSA) is 50.4 Å². The number of carbonyl (C=O) groups is 1. The van der Waals surface area contributed by atoms with Gasteiger partial charge >= 0.3 is 0 Å². The standard InChI is InChI=1S/C25H26Cl2N2O2/c1-17(2)12-25(30)29-20-8-4-7-19(14-20)28-15-18-6-3-9-21(13-18)31-16-22-23(26)10-5-11-24(22)27/h3-11,13-14,17,28H,12,15-16H2,1-2H3,(H,29,30). The zero-order valence-corrected chi connectivity index (χ0v) is 19.1. The van der Waals surface area contributed by atoms with Crippen LogP contribution in [0.15, 0.2) is 66.7 Å². The zero-order chi connectivity index (χ0) is 22.2. The molecule has 2 N–H and O–H groups in total. The SMILES string of the molecule is CC(C)CC(=O)Nc1cccc(NCc2cccc(OCc3c(Cl)cccc3Cl)c2)c1. The molecule has 4 nitrogen and oxygen atoms in total. The minimum Gasteiger partial charge on any atom is -0.489 e. The molecule has 0 aliphatic carbocycles. The van der Waals surface area contributed by atoms with Crippen molar-refractivity contribution in [3.8, 4) is 5.75 Å². The molecule has 0 radical (unpaired) electrons. The number of nitrogens with one attached hydrogen (secondary N) is 2. The average Bonchev–Trinajstić information content (AvgIpc) is 2.72. The van der Waals surface area contributed by atoms with Crippen LogP contribution >= 0.6 is 23.2 Å². The maximum Gasteiger partial charge on any atom is 0.224 e. The van der Waals surface area contributed by atoms with Crippen LogP contribution in [0.25, 0.3) is 0 Å². The predicted octanol–water partition coefficient (Wildman–Crippen LogP) is 7.17. The highest BCUT2D eigenvalue weighted by Gasteiger charge is 2.08. The molecule has 0 saturated heterocycles. The summed E-state index contributed by atoms with van der Waals surface area (Å²) in [5.74, 6) is 1.09. The van der Waals surface area contributed by atoms with Crippen LogP contribution in [0.4, 0.5) is 11.4 Å². The van der Waals surface area contributed by atoms with Gasteiger partial charge in [-0.2, -0.15) is 0 Å². The van der Waals surface area contributed by atoms with Crippen molar-refractivity contribution < 1.29 is 9.53 Å². The Balaban J connectivity index is 1.58. The third kappa shape index (κ3) is 7.20. The van der Waals surface area contributed by atoms with E-state index in [1.54, 1.807) is 12.1 Å². The van der Waals surface area contributed by atoms with Crippen LogP contribution in [0.1, 0.15) is 31.4 Å². The maximum absolute atomic E-state index is 12.0. The maximum atomic E-state index is 12.0. The normalized spacial score (nSPS) is 10.7. The second kappa shape index (κ2) is 11.1. The number of amides is 1. The molecule has 162 valence electrons. The van der Waals surface area contributed by atoms with Gasteiger partial charge in [0.1, 0.15) is 12.4 Å². The van der Waals surface area contributed by atoms with Crippen molar-refractivity contribution in [2.45, 2.75) is 33.4 Å². The number of hydrogen-bond donors (Lipinski definition) is 2. The van der Waals surface area contributed by atoms with Crippen molar-refractivity contribution in [2.75, 3.05) is 10.6 Å². The molecule has 6 heteroatoms. The first-order valence-corrected chi connectivity index (χ1v) is 10.9. The smallest absolute Gasteiger partial charge is 0.224 e. The van der Waals surface area contributed by atoms with Gasteiger partial charge in [0.05, 0.1) is 0 Å². The van der Waals surface area contributed by atoms with Gasteiger partial charge < -0.3 is 15.4 Å². The van der Waals surface area contributed by atoms with Gasteiger partial charge in [-0.1, -0.05) is 61.3 Å². The number of carbonyl (C=O) groups excluding carboxylic acids is 1. The van der Waals surface area contributed by atoms with Gasteiger partial charge in [-0.25, -0.2) is 0 Å². The quantitative estimate of drug-likeness (QED) is 0.358. The average molecular weight is 457 g/mol. The lowest BCUT2D eigenvalue weighted by atomic mass is 10.1. The zero-order valence-electron chi connectivity index (χ0n) is 17.6. The molecule has 0 unspecified atom stereocenters. The van der Waals surface area contributed by atoms with Crippen molar-refractivity contribution in [2.24, 2.45) is 5.92 Å². The summed E-state index contributed by atoms with van der Waals surface area (Å²) in [4.78, 5) is 12.0. The van der Waals surface area contributed by atoms with E-state index in [0.29, 0.717) is 35.5 Å². The summed E-state index contributed by atoms with van der Waals surface area (Å²) in [7, 11) is 0. The van der Waals surface area contributed by atoms with Crippen LogP contribution < -0.4 is 15.4 Å². The fraction of sp³-hybridized carbons (Fsp3) is 0.240. The van der Waals surface area contributed by atoms with E-state index in [-0.39, 0.29) is 5.91 Å². The molecule has 1 amide bonds. The van der Waals surface area contributed by atoms with E-state index < -0.39 is 0 Å². The molecular formula is C25H26Cl2N2O2. The van der Waals surface area contributed by atoms with Crippen LogP contribution in [-0.4, -0.2) is 5.91 Å². The van der Waals surface area contributed by atoms with Gasteiger partial charge in [0.15, 0.2) is 0 Å². The fourth-order valence-corrected chi connectivity index (χ4v) is 3.57. The predicted molar refractivity (Wildman–Crippen MR) is 129 cm³/mol. The summed E-state index contributed by atoms with van der Waals surface area (Å²) in [6, 6.07) is 21.0. The van der Waals surface area contributed by atoms with Gasteiger partial charge in [0.2, 0.25) is 5.91 Å².